The van der Waals surface area contributed by atoms with Crippen LogP contribution in [0.4, 0.5) is 5.82 Å². The molecule has 3 aromatic heterocycles. The van der Waals surface area contributed by atoms with Crippen LogP contribution in [0.3, 0.4) is 0 Å². The summed E-state index contributed by atoms with van der Waals surface area (Å²) in [5.74, 6) is 0.693. The molecule has 4 aromatic rings. The normalized spacial score (nSPS) is 11.2. The van der Waals surface area contributed by atoms with E-state index in [1.807, 2.05) is 35.2 Å². The summed E-state index contributed by atoms with van der Waals surface area (Å²) in [7, 11) is 0. The van der Waals surface area contributed by atoms with Crippen molar-refractivity contribution in [3.63, 3.8) is 0 Å². The number of aromatic nitrogens is 5. The number of fused-ring (bicyclic) bond motifs is 2. The van der Waals surface area contributed by atoms with E-state index in [-0.39, 0.29) is 5.91 Å². The lowest BCUT2D eigenvalue weighted by atomic mass is 10.1. The number of nitrogens with one attached hydrogen (secondary N) is 3. The minimum atomic E-state index is -0.108. The number of carbonyl (C=O) groups excluding carboxylic acids is 1. The molecule has 0 bridgehead atoms. The second-order valence-corrected chi connectivity index (χ2v) is 7.37. The maximum absolute atomic E-state index is 12.6. The third kappa shape index (κ3) is 3.91. The standard InChI is InChI=1S/C20H23N7OS/c1-3-8-21-17-15-12-24-27(18(15)26-20(25-17)29-2)10-9-22-19(28)14-11-23-16-7-5-4-6-13(14)16/h4-7,11-12,23H,3,8-10H2,1-2H3,(H,22,28)(H,21,25,26). The summed E-state index contributed by atoms with van der Waals surface area (Å²) in [6.45, 7) is 3.92. The zero-order chi connectivity index (χ0) is 20.2. The summed E-state index contributed by atoms with van der Waals surface area (Å²) < 4.78 is 1.81. The Balaban J connectivity index is 1.49. The number of carbonyl (C=O) groups is 1. The topological polar surface area (TPSA) is 101 Å². The third-order valence-corrected chi connectivity index (χ3v) is 5.19. The Morgan fingerprint density at radius 3 is 2.90 bits per heavy atom. The van der Waals surface area contributed by atoms with Gasteiger partial charge in [-0.05, 0) is 18.7 Å². The van der Waals surface area contributed by atoms with Crippen molar-refractivity contribution in [2.75, 3.05) is 24.7 Å². The van der Waals surface area contributed by atoms with Crippen LogP contribution in [0.25, 0.3) is 21.9 Å². The highest BCUT2D eigenvalue weighted by Crippen LogP contribution is 2.23. The number of benzene rings is 1. The molecule has 0 radical (unpaired) electrons. The number of hydrogen-bond donors (Lipinski definition) is 3. The molecule has 1 amide bonds. The van der Waals surface area contributed by atoms with Gasteiger partial charge < -0.3 is 15.6 Å². The van der Waals surface area contributed by atoms with Crippen LogP contribution in [0.1, 0.15) is 23.7 Å². The fourth-order valence-corrected chi connectivity index (χ4v) is 3.56. The number of nitrogens with zero attached hydrogens (tertiary/aromatic N) is 4. The minimum absolute atomic E-state index is 0.108. The molecule has 0 saturated heterocycles. The lowest BCUT2D eigenvalue weighted by Gasteiger charge is -2.08. The summed E-state index contributed by atoms with van der Waals surface area (Å²) >= 11 is 1.49. The molecular formula is C20H23N7OS. The first-order chi connectivity index (χ1) is 14.2. The van der Waals surface area contributed by atoms with Gasteiger partial charge in [-0.1, -0.05) is 36.9 Å². The van der Waals surface area contributed by atoms with E-state index in [4.69, 9.17) is 0 Å². The molecule has 3 N–H and O–H groups in total. The van der Waals surface area contributed by atoms with Crippen LogP contribution >= 0.6 is 11.8 Å². The van der Waals surface area contributed by atoms with Crippen molar-refractivity contribution in [1.82, 2.24) is 30.0 Å². The second kappa shape index (κ2) is 8.52. The van der Waals surface area contributed by atoms with Crippen molar-refractivity contribution >= 4 is 45.4 Å². The predicted octanol–water partition coefficient (Wildman–Crippen LogP) is 3.28. The van der Waals surface area contributed by atoms with Crippen molar-refractivity contribution in [3.05, 3.63) is 42.2 Å². The number of hydrogen-bond acceptors (Lipinski definition) is 6. The van der Waals surface area contributed by atoms with Crippen LogP contribution in [0.15, 0.2) is 41.8 Å². The Hall–Kier alpha value is -3.07. The molecule has 0 unspecified atom stereocenters. The zero-order valence-corrected chi connectivity index (χ0v) is 17.2. The van der Waals surface area contributed by atoms with Crippen LogP contribution in [0.5, 0.6) is 0 Å². The van der Waals surface area contributed by atoms with Gasteiger partial charge in [0.15, 0.2) is 10.8 Å². The fourth-order valence-electron chi connectivity index (χ4n) is 3.20. The molecule has 0 atom stereocenters. The van der Waals surface area contributed by atoms with Crippen LogP contribution in [0, 0.1) is 0 Å². The van der Waals surface area contributed by atoms with Gasteiger partial charge in [0.25, 0.3) is 5.91 Å². The number of amides is 1. The Morgan fingerprint density at radius 1 is 1.21 bits per heavy atom. The average Bonchev–Trinajstić information content (AvgIpc) is 3.36. The van der Waals surface area contributed by atoms with Crippen LogP contribution in [-0.2, 0) is 6.54 Å². The molecule has 8 nitrogen and oxygen atoms in total. The summed E-state index contributed by atoms with van der Waals surface area (Å²) in [5.41, 5.74) is 2.36. The summed E-state index contributed by atoms with van der Waals surface area (Å²) in [5, 5.41) is 13.3. The van der Waals surface area contributed by atoms with Gasteiger partial charge in [0.2, 0.25) is 0 Å². The Kier molecular flexibility index (Phi) is 5.66. The Morgan fingerprint density at radius 2 is 2.07 bits per heavy atom. The number of thioether (sulfide) groups is 1. The molecule has 29 heavy (non-hydrogen) atoms. The Labute approximate surface area is 172 Å². The van der Waals surface area contributed by atoms with Gasteiger partial charge in [-0.15, -0.1) is 0 Å². The maximum atomic E-state index is 12.6. The van der Waals surface area contributed by atoms with Gasteiger partial charge in [0.1, 0.15) is 5.82 Å². The molecule has 3 heterocycles. The smallest absolute Gasteiger partial charge is 0.253 e. The van der Waals surface area contributed by atoms with Gasteiger partial charge >= 0.3 is 0 Å². The van der Waals surface area contributed by atoms with Gasteiger partial charge in [0, 0.05) is 30.2 Å². The highest BCUT2D eigenvalue weighted by atomic mass is 32.2. The number of rotatable bonds is 8. The molecule has 1 aromatic carbocycles. The quantitative estimate of drug-likeness (QED) is 0.305. The number of para-hydroxylation sites is 1. The first-order valence-corrected chi connectivity index (χ1v) is 10.8. The van der Waals surface area contributed by atoms with E-state index >= 15 is 0 Å². The van der Waals surface area contributed by atoms with Gasteiger partial charge in [0.05, 0.1) is 23.7 Å². The van der Waals surface area contributed by atoms with E-state index in [2.05, 4.69) is 37.6 Å². The molecule has 0 saturated carbocycles. The molecule has 0 spiro atoms. The van der Waals surface area contributed by atoms with E-state index < -0.39 is 0 Å². The van der Waals surface area contributed by atoms with Gasteiger partial charge in [-0.25, -0.2) is 14.6 Å². The number of aromatic amines is 1. The molecule has 0 aliphatic rings. The van der Waals surface area contributed by atoms with Gasteiger partial charge in [-0.3, -0.25) is 4.79 Å². The van der Waals surface area contributed by atoms with Crippen LogP contribution < -0.4 is 10.6 Å². The van der Waals surface area contributed by atoms with Crippen molar-refractivity contribution in [1.29, 1.82) is 0 Å². The number of H-pyrrole nitrogens is 1. The number of anilines is 1. The molecule has 150 valence electrons. The van der Waals surface area contributed by atoms with Crippen molar-refractivity contribution in [2.45, 2.75) is 25.0 Å². The molecule has 4 rings (SSSR count). The Bertz CT molecular complexity index is 1150. The van der Waals surface area contributed by atoms with Crippen LogP contribution in [0.2, 0.25) is 0 Å². The van der Waals surface area contributed by atoms with E-state index in [0.717, 1.165) is 40.7 Å². The highest BCUT2D eigenvalue weighted by molar-refractivity contribution is 7.98. The van der Waals surface area contributed by atoms with Crippen molar-refractivity contribution < 1.29 is 4.79 Å². The van der Waals surface area contributed by atoms with E-state index in [1.165, 1.54) is 11.8 Å². The van der Waals surface area contributed by atoms with Crippen molar-refractivity contribution in [3.8, 4) is 0 Å². The van der Waals surface area contributed by atoms with E-state index in [9.17, 15) is 4.79 Å². The average molecular weight is 410 g/mol. The predicted molar refractivity (Wildman–Crippen MR) is 117 cm³/mol. The monoisotopic (exact) mass is 409 g/mol. The summed E-state index contributed by atoms with van der Waals surface area (Å²) in [6.07, 6.45) is 6.48. The SMILES string of the molecule is CCCNc1nc(SC)nc2c1cnn2CCNC(=O)c1c[nH]c2ccccc12. The molecule has 0 aliphatic carbocycles. The molecular weight excluding hydrogens is 386 g/mol. The third-order valence-electron chi connectivity index (χ3n) is 4.64. The maximum Gasteiger partial charge on any atom is 0.253 e. The second-order valence-electron chi connectivity index (χ2n) is 6.59. The van der Waals surface area contributed by atoms with E-state index in [0.29, 0.717) is 23.8 Å². The highest BCUT2D eigenvalue weighted by Gasteiger charge is 2.14. The lowest BCUT2D eigenvalue weighted by Crippen LogP contribution is -2.27. The molecule has 9 heteroatoms. The fraction of sp³-hybridized carbons (Fsp3) is 0.300. The van der Waals surface area contributed by atoms with Crippen LogP contribution in [-0.4, -0.2) is 50.0 Å². The molecule has 0 aliphatic heterocycles. The first kappa shape index (κ1) is 19.3. The first-order valence-electron chi connectivity index (χ1n) is 9.57. The summed E-state index contributed by atoms with van der Waals surface area (Å²) in [6, 6.07) is 7.76. The van der Waals surface area contributed by atoms with Gasteiger partial charge in [-0.2, -0.15) is 5.10 Å². The lowest BCUT2D eigenvalue weighted by molar-refractivity contribution is 0.0953. The summed E-state index contributed by atoms with van der Waals surface area (Å²) in [4.78, 5) is 24.9. The zero-order valence-electron chi connectivity index (χ0n) is 16.4. The largest absolute Gasteiger partial charge is 0.369 e. The van der Waals surface area contributed by atoms with Crippen molar-refractivity contribution in [2.24, 2.45) is 0 Å². The molecule has 0 fully saturated rings. The van der Waals surface area contributed by atoms with E-state index in [1.54, 1.807) is 12.4 Å². The minimum Gasteiger partial charge on any atom is -0.369 e.